The van der Waals surface area contributed by atoms with Gasteiger partial charge in [-0.3, -0.25) is 4.79 Å². The van der Waals surface area contributed by atoms with E-state index >= 15 is 0 Å². The van der Waals surface area contributed by atoms with Crippen LogP contribution in [0, 0.1) is 0 Å². The molecule has 0 heterocycles. The molecule has 1 N–H and O–H groups in total. The summed E-state index contributed by atoms with van der Waals surface area (Å²) in [6, 6.07) is 7.11. The molecule has 4 nitrogen and oxygen atoms in total. The normalized spacial score (nSPS) is 10.8. The second-order valence-electron chi connectivity index (χ2n) is 4.90. The Bertz CT molecular complexity index is 416. The summed E-state index contributed by atoms with van der Waals surface area (Å²) in [5.41, 5.74) is 0.836. The van der Waals surface area contributed by atoms with Crippen molar-refractivity contribution in [2.24, 2.45) is 0 Å². The third kappa shape index (κ3) is 4.85. The fraction of sp³-hybridized carbons (Fsp3) is 0.562. The van der Waals surface area contributed by atoms with Crippen molar-refractivity contribution >= 4 is 5.91 Å². The monoisotopic (exact) mass is 279 g/mol. The Morgan fingerprint density at radius 2 is 2.05 bits per heavy atom. The molecule has 0 aromatic heterocycles. The number of carbonyl (C=O) groups is 1. The lowest BCUT2D eigenvalue weighted by molar-refractivity contribution is -0.133. The van der Waals surface area contributed by atoms with Crippen LogP contribution in [0.3, 0.4) is 0 Å². The fourth-order valence-electron chi connectivity index (χ4n) is 2.37. The number of phenolic OH excluding ortho intramolecular Hbond substituents is 1. The number of hydrogen-bond donors (Lipinski definition) is 1. The zero-order chi connectivity index (χ0) is 15.0. The van der Waals surface area contributed by atoms with Crippen molar-refractivity contribution in [3.05, 3.63) is 29.8 Å². The topological polar surface area (TPSA) is 49.8 Å². The van der Waals surface area contributed by atoms with Crippen LogP contribution in [-0.4, -0.2) is 42.2 Å². The highest BCUT2D eigenvalue weighted by atomic mass is 16.5. The molecule has 0 radical (unpaired) electrons. The molecule has 112 valence electrons. The molecule has 1 aromatic carbocycles. The van der Waals surface area contributed by atoms with Crippen LogP contribution in [0.1, 0.15) is 32.3 Å². The van der Waals surface area contributed by atoms with Crippen LogP contribution in [0.4, 0.5) is 0 Å². The number of nitrogens with zero attached hydrogens (tertiary/aromatic N) is 1. The molecule has 1 aromatic rings. The molecular weight excluding hydrogens is 254 g/mol. The van der Waals surface area contributed by atoms with E-state index in [9.17, 15) is 9.90 Å². The van der Waals surface area contributed by atoms with Gasteiger partial charge in [0.05, 0.1) is 13.0 Å². The molecule has 0 aliphatic carbocycles. The summed E-state index contributed by atoms with van der Waals surface area (Å²) in [6.45, 7) is 5.34. The highest BCUT2D eigenvalue weighted by Gasteiger charge is 2.20. The highest BCUT2D eigenvalue weighted by molar-refractivity contribution is 5.79. The standard InChI is InChI=1S/C16H25NO3/c1-4-14(5-2)17(9-10-20-3)16(19)12-13-7-6-8-15(18)11-13/h6-8,11,14,18H,4-5,9-10,12H2,1-3H3. The maximum atomic E-state index is 12.5. The van der Waals surface area contributed by atoms with Crippen LogP contribution in [0.5, 0.6) is 5.75 Å². The Hall–Kier alpha value is -1.55. The Morgan fingerprint density at radius 3 is 2.60 bits per heavy atom. The highest BCUT2D eigenvalue weighted by Crippen LogP contribution is 2.15. The number of phenols is 1. The third-order valence-electron chi connectivity index (χ3n) is 3.51. The smallest absolute Gasteiger partial charge is 0.227 e. The molecule has 0 saturated heterocycles. The molecule has 0 aliphatic heterocycles. The van der Waals surface area contributed by atoms with Gasteiger partial charge in [0.2, 0.25) is 5.91 Å². The molecule has 20 heavy (non-hydrogen) atoms. The number of rotatable bonds is 8. The molecular formula is C16H25NO3. The second kappa shape index (κ2) is 8.59. The summed E-state index contributed by atoms with van der Waals surface area (Å²) in [5, 5.41) is 9.46. The molecule has 0 aliphatic rings. The van der Waals surface area contributed by atoms with Crippen LogP contribution in [0.25, 0.3) is 0 Å². The largest absolute Gasteiger partial charge is 0.508 e. The zero-order valence-electron chi connectivity index (χ0n) is 12.6. The van der Waals surface area contributed by atoms with Crippen LogP contribution >= 0.6 is 0 Å². The van der Waals surface area contributed by atoms with Crippen molar-refractivity contribution in [2.75, 3.05) is 20.3 Å². The lowest BCUT2D eigenvalue weighted by Crippen LogP contribution is -2.42. The van der Waals surface area contributed by atoms with Gasteiger partial charge in [0.1, 0.15) is 5.75 Å². The minimum atomic E-state index is 0.0846. The molecule has 4 heteroatoms. The van der Waals surface area contributed by atoms with Gasteiger partial charge in [-0.25, -0.2) is 0 Å². The van der Waals surface area contributed by atoms with E-state index in [2.05, 4.69) is 13.8 Å². The first kappa shape index (κ1) is 16.5. The predicted molar refractivity (Wildman–Crippen MR) is 79.8 cm³/mol. The number of methoxy groups -OCH3 is 1. The number of aromatic hydroxyl groups is 1. The first-order chi connectivity index (χ1) is 9.62. The average Bonchev–Trinajstić information content (AvgIpc) is 2.43. The molecule has 1 amide bonds. The molecule has 1 rings (SSSR count). The molecule has 0 unspecified atom stereocenters. The Morgan fingerprint density at radius 1 is 1.35 bits per heavy atom. The van der Waals surface area contributed by atoms with Gasteiger partial charge in [0.15, 0.2) is 0 Å². The van der Waals surface area contributed by atoms with Crippen molar-refractivity contribution in [3.63, 3.8) is 0 Å². The van der Waals surface area contributed by atoms with E-state index in [1.165, 1.54) is 0 Å². The summed E-state index contributed by atoms with van der Waals surface area (Å²) in [6.07, 6.45) is 2.19. The van der Waals surface area contributed by atoms with Crippen LogP contribution in [-0.2, 0) is 16.0 Å². The minimum absolute atomic E-state index is 0.0846. The summed E-state index contributed by atoms with van der Waals surface area (Å²) in [5.74, 6) is 0.280. The molecule has 0 fully saturated rings. The summed E-state index contributed by atoms with van der Waals surface area (Å²) in [4.78, 5) is 14.4. The van der Waals surface area contributed by atoms with Gasteiger partial charge < -0.3 is 14.7 Å². The first-order valence-electron chi connectivity index (χ1n) is 7.18. The van der Waals surface area contributed by atoms with Crippen molar-refractivity contribution in [2.45, 2.75) is 39.2 Å². The van der Waals surface area contributed by atoms with E-state index in [4.69, 9.17) is 4.74 Å². The molecule has 0 bridgehead atoms. The predicted octanol–water partition coefficient (Wildman–Crippen LogP) is 2.60. The van der Waals surface area contributed by atoms with Gasteiger partial charge in [-0.15, -0.1) is 0 Å². The molecule has 0 atom stereocenters. The van der Waals surface area contributed by atoms with Gasteiger partial charge in [0, 0.05) is 19.7 Å². The summed E-state index contributed by atoms with van der Waals surface area (Å²) < 4.78 is 5.10. The second-order valence-corrected chi connectivity index (χ2v) is 4.90. The van der Waals surface area contributed by atoms with Crippen molar-refractivity contribution in [1.82, 2.24) is 4.90 Å². The van der Waals surface area contributed by atoms with Gasteiger partial charge in [0.25, 0.3) is 0 Å². The van der Waals surface area contributed by atoms with E-state index in [-0.39, 0.29) is 17.7 Å². The van der Waals surface area contributed by atoms with E-state index < -0.39 is 0 Å². The lowest BCUT2D eigenvalue weighted by Gasteiger charge is -2.30. The Kier molecular flexibility index (Phi) is 7.09. The zero-order valence-corrected chi connectivity index (χ0v) is 12.6. The van der Waals surface area contributed by atoms with Gasteiger partial charge in [-0.05, 0) is 30.5 Å². The van der Waals surface area contributed by atoms with Gasteiger partial charge >= 0.3 is 0 Å². The number of benzene rings is 1. The van der Waals surface area contributed by atoms with E-state index in [0.29, 0.717) is 19.6 Å². The van der Waals surface area contributed by atoms with E-state index in [0.717, 1.165) is 18.4 Å². The number of amides is 1. The average molecular weight is 279 g/mol. The minimum Gasteiger partial charge on any atom is -0.508 e. The van der Waals surface area contributed by atoms with E-state index in [1.54, 1.807) is 25.3 Å². The van der Waals surface area contributed by atoms with Gasteiger partial charge in [-0.2, -0.15) is 0 Å². The Labute approximate surface area is 121 Å². The van der Waals surface area contributed by atoms with E-state index in [1.807, 2.05) is 11.0 Å². The number of carbonyl (C=O) groups excluding carboxylic acids is 1. The van der Waals surface area contributed by atoms with Crippen LogP contribution in [0.15, 0.2) is 24.3 Å². The van der Waals surface area contributed by atoms with Crippen molar-refractivity contribution in [3.8, 4) is 5.75 Å². The first-order valence-corrected chi connectivity index (χ1v) is 7.18. The lowest BCUT2D eigenvalue weighted by atomic mass is 10.1. The van der Waals surface area contributed by atoms with Gasteiger partial charge in [-0.1, -0.05) is 26.0 Å². The third-order valence-corrected chi connectivity index (χ3v) is 3.51. The maximum Gasteiger partial charge on any atom is 0.227 e. The number of hydrogen-bond acceptors (Lipinski definition) is 3. The number of ether oxygens (including phenoxy) is 1. The fourth-order valence-corrected chi connectivity index (χ4v) is 2.37. The van der Waals surface area contributed by atoms with Crippen LogP contribution in [0.2, 0.25) is 0 Å². The summed E-state index contributed by atoms with van der Waals surface area (Å²) in [7, 11) is 1.64. The molecule has 0 saturated carbocycles. The molecule has 0 spiro atoms. The van der Waals surface area contributed by atoms with Crippen LogP contribution < -0.4 is 0 Å². The van der Waals surface area contributed by atoms with Crippen molar-refractivity contribution < 1.29 is 14.6 Å². The SMILES string of the molecule is CCC(CC)N(CCOC)C(=O)Cc1cccc(O)c1. The summed E-state index contributed by atoms with van der Waals surface area (Å²) >= 11 is 0. The Balaban J connectivity index is 2.76. The van der Waals surface area contributed by atoms with Crippen molar-refractivity contribution in [1.29, 1.82) is 0 Å². The maximum absolute atomic E-state index is 12.5. The quantitative estimate of drug-likeness (QED) is 0.795.